The van der Waals surface area contributed by atoms with Crippen molar-refractivity contribution in [3.8, 4) is 6.07 Å². The molecule has 1 aliphatic carbocycles. The van der Waals surface area contributed by atoms with Gasteiger partial charge in [-0.3, -0.25) is 5.32 Å². The van der Waals surface area contributed by atoms with E-state index >= 15 is 0 Å². The Morgan fingerprint density at radius 1 is 1.41 bits per heavy atom. The maximum absolute atomic E-state index is 9.47. The molecule has 0 aliphatic heterocycles. The van der Waals surface area contributed by atoms with Crippen LogP contribution in [0.2, 0.25) is 0 Å². The fourth-order valence-corrected chi connectivity index (χ4v) is 3.23. The van der Waals surface area contributed by atoms with Crippen LogP contribution in [0.4, 0.5) is 0 Å². The lowest BCUT2D eigenvalue weighted by Crippen LogP contribution is -2.48. The van der Waals surface area contributed by atoms with Gasteiger partial charge >= 0.3 is 0 Å². The van der Waals surface area contributed by atoms with Crippen molar-refractivity contribution in [3.05, 3.63) is 30.3 Å². The van der Waals surface area contributed by atoms with Crippen LogP contribution in [0.5, 0.6) is 0 Å². The van der Waals surface area contributed by atoms with Crippen LogP contribution < -0.4 is 5.32 Å². The molecule has 0 bridgehead atoms. The maximum Gasteiger partial charge on any atom is 0.119 e. The Morgan fingerprint density at radius 3 is 2.65 bits per heavy atom. The first-order valence-electron chi connectivity index (χ1n) is 6.15. The van der Waals surface area contributed by atoms with Crippen molar-refractivity contribution in [2.75, 3.05) is 12.3 Å². The summed E-state index contributed by atoms with van der Waals surface area (Å²) in [7, 11) is 0. The van der Waals surface area contributed by atoms with Gasteiger partial charge in [-0.1, -0.05) is 25.1 Å². The maximum atomic E-state index is 9.47. The van der Waals surface area contributed by atoms with Crippen LogP contribution in [0.1, 0.15) is 19.8 Å². The molecule has 1 atom stereocenters. The molecule has 1 saturated carbocycles. The highest BCUT2D eigenvalue weighted by Gasteiger charge is 2.45. The minimum Gasteiger partial charge on any atom is -0.299 e. The predicted molar refractivity (Wildman–Crippen MR) is 71.9 cm³/mol. The van der Waals surface area contributed by atoms with Crippen molar-refractivity contribution < 1.29 is 0 Å². The van der Waals surface area contributed by atoms with E-state index in [1.54, 1.807) is 11.8 Å². The van der Waals surface area contributed by atoms with Gasteiger partial charge in [-0.2, -0.15) is 5.26 Å². The number of thioether (sulfide) groups is 1. The third-order valence-electron chi connectivity index (χ3n) is 3.18. The fraction of sp³-hybridized carbons (Fsp3) is 0.500. The summed E-state index contributed by atoms with van der Waals surface area (Å²) in [6, 6.07) is 12.8. The third kappa shape index (κ3) is 3.02. The number of hydrogen-bond acceptors (Lipinski definition) is 3. The Morgan fingerprint density at radius 2 is 2.12 bits per heavy atom. The minimum atomic E-state index is -0.324. The van der Waals surface area contributed by atoms with Gasteiger partial charge in [0.05, 0.1) is 6.07 Å². The predicted octanol–water partition coefficient (Wildman–Crippen LogP) is 3.06. The van der Waals surface area contributed by atoms with Gasteiger partial charge in [0.2, 0.25) is 0 Å². The lowest BCUT2D eigenvalue weighted by atomic mass is 9.98. The average molecular weight is 246 g/mol. The molecular weight excluding hydrogens is 228 g/mol. The van der Waals surface area contributed by atoms with Crippen LogP contribution in [0, 0.1) is 17.2 Å². The zero-order valence-electron chi connectivity index (χ0n) is 10.1. The summed E-state index contributed by atoms with van der Waals surface area (Å²) in [6.07, 6.45) is 2.38. The first kappa shape index (κ1) is 12.5. The lowest BCUT2D eigenvalue weighted by Gasteiger charge is -2.27. The van der Waals surface area contributed by atoms with Gasteiger partial charge in [0.25, 0.3) is 0 Å². The second kappa shape index (κ2) is 5.57. The van der Waals surface area contributed by atoms with E-state index in [1.807, 2.05) is 18.2 Å². The minimum absolute atomic E-state index is 0.324. The lowest BCUT2D eigenvalue weighted by molar-refractivity contribution is 0.416. The molecule has 0 saturated heterocycles. The molecule has 0 radical (unpaired) electrons. The van der Waals surface area contributed by atoms with E-state index in [0.717, 1.165) is 12.3 Å². The SMILES string of the molecule is CCNC(C#N)(CSc1ccccc1)C1CC1. The number of nitrogens with zero attached hydrogens (tertiary/aromatic N) is 1. The zero-order chi connectivity index (χ0) is 12.1. The molecule has 1 aliphatic rings. The Balaban J connectivity index is 2.01. The first-order valence-corrected chi connectivity index (χ1v) is 7.13. The Labute approximate surface area is 107 Å². The van der Waals surface area contributed by atoms with E-state index in [9.17, 15) is 5.26 Å². The monoisotopic (exact) mass is 246 g/mol. The molecule has 1 aromatic rings. The average Bonchev–Trinajstić information content (AvgIpc) is 3.20. The van der Waals surface area contributed by atoms with Gasteiger partial charge in [0.15, 0.2) is 0 Å². The van der Waals surface area contributed by atoms with Gasteiger partial charge < -0.3 is 0 Å². The van der Waals surface area contributed by atoms with E-state index in [2.05, 4.69) is 30.4 Å². The molecule has 17 heavy (non-hydrogen) atoms. The molecule has 1 N–H and O–H groups in total. The van der Waals surface area contributed by atoms with Crippen molar-refractivity contribution in [1.82, 2.24) is 5.32 Å². The van der Waals surface area contributed by atoms with Gasteiger partial charge in [0, 0.05) is 10.6 Å². The fourth-order valence-electron chi connectivity index (χ4n) is 2.08. The Bertz CT molecular complexity index is 394. The summed E-state index contributed by atoms with van der Waals surface area (Å²) in [6.45, 7) is 2.93. The highest BCUT2D eigenvalue weighted by atomic mass is 32.2. The quantitative estimate of drug-likeness (QED) is 0.784. The number of nitrogens with one attached hydrogen (secondary N) is 1. The molecule has 1 aromatic carbocycles. The second-order valence-electron chi connectivity index (χ2n) is 4.49. The van der Waals surface area contributed by atoms with Crippen LogP contribution in [-0.4, -0.2) is 17.8 Å². The standard InChI is InChI=1S/C14H18N2S/c1-2-16-14(10-15,12-8-9-12)11-17-13-6-4-3-5-7-13/h3-7,12,16H,2,8-9,11H2,1H3. The number of rotatable bonds is 6. The van der Waals surface area contributed by atoms with Crippen molar-refractivity contribution >= 4 is 11.8 Å². The molecule has 2 nitrogen and oxygen atoms in total. The molecular formula is C14H18N2S. The molecule has 90 valence electrons. The zero-order valence-corrected chi connectivity index (χ0v) is 11.0. The Kier molecular flexibility index (Phi) is 4.09. The van der Waals surface area contributed by atoms with Crippen LogP contribution >= 0.6 is 11.8 Å². The van der Waals surface area contributed by atoms with Crippen molar-refractivity contribution in [3.63, 3.8) is 0 Å². The topological polar surface area (TPSA) is 35.8 Å². The number of benzene rings is 1. The molecule has 2 rings (SSSR count). The molecule has 3 heteroatoms. The first-order chi connectivity index (χ1) is 8.30. The van der Waals surface area contributed by atoms with Crippen LogP contribution in [0.15, 0.2) is 35.2 Å². The normalized spacial score (nSPS) is 18.4. The summed E-state index contributed by atoms with van der Waals surface area (Å²) in [5, 5.41) is 12.9. The van der Waals surface area contributed by atoms with E-state index in [-0.39, 0.29) is 5.54 Å². The van der Waals surface area contributed by atoms with E-state index in [1.165, 1.54) is 17.7 Å². The third-order valence-corrected chi connectivity index (χ3v) is 4.38. The van der Waals surface area contributed by atoms with E-state index < -0.39 is 0 Å². The highest BCUT2D eigenvalue weighted by Crippen LogP contribution is 2.42. The van der Waals surface area contributed by atoms with E-state index in [4.69, 9.17) is 0 Å². The molecule has 0 spiro atoms. The van der Waals surface area contributed by atoms with Crippen LogP contribution in [-0.2, 0) is 0 Å². The van der Waals surface area contributed by atoms with Crippen molar-refractivity contribution in [2.45, 2.75) is 30.2 Å². The van der Waals surface area contributed by atoms with E-state index in [0.29, 0.717) is 5.92 Å². The van der Waals surface area contributed by atoms with Gasteiger partial charge in [0.1, 0.15) is 5.54 Å². The van der Waals surface area contributed by atoms with Gasteiger partial charge in [-0.15, -0.1) is 11.8 Å². The van der Waals surface area contributed by atoms with Crippen molar-refractivity contribution in [1.29, 1.82) is 5.26 Å². The summed E-state index contributed by atoms with van der Waals surface area (Å²) >= 11 is 1.78. The molecule has 0 aromatic heterocycles. The largest absolute Gasteiger partial charge is 0.299 e. The summed E-state index contributed by atoms with van der Waals surface area (Å²) in [5.74, 6) is 1.38. The van der Waals surface area contributed by atoms with Crippen LogP contribution in [0.25, 0.3) is 0 Å². The van der Waals surface area contributed by atoms with Crippen LogP contribution in [0.3, 0.4) is 0 Å². The second-order valence-corrected chi connectivity index (χ2v) is 5.54. The summed E-state index contributed by atoms with van der Waals surface area (Å²) in [4.78, 5) is 1.24. The van der Waals surface area contributed by atoms with Crippen molar-refractivity contribution in [2.24, 2.45) is 5.92 Å². The summed E-state index contributed by atoms with van der Waals surface area (Å²) < 4.78 is 0. The number of hydrogen-bond donors (Lipinski definition) is 1. The smallest absolute Gasteiger partial charge is 0.119 e. The Hall–Kier alpha value is -0.980. The number of nitriles is 1. The molecule has 1 fully saturated rings. The highest BCUT2D eigenvalue weighted by molar-refractivity contribution is 7.99. The van der Waals surface area contributed by atoms with Gasteiger partial charge in [-0.05, 0) is 37.4 Å². The molecule has 1 unspecified atom stereocenters. The molecule has 0 amide bonds. The molecule has 0 heterocycles. The van der Waals surface area contributed by atoms with Gasteiger partial charge in [-0.25, -0.2) is 0 Å². The summed E-state index contributed by atoms with van der Waals surface area (Å²) in [5.41, 5.74) is -0.324.